The lowest BCUT2D eigenvalue weighted by atomic mass is 10.1. The number of hydrogen-bond acceptors (Lipinski definition) is 6. The van der Waals surface area contributed by atoms with E-state index in [2.05, 4.69) is 26.8 Å². The molecule has 0 bridgehead atoms. The number of unbranched alkanes of at least 4 members (excludes halogenated alkanes) is 2. The molecule has 0 aliphatic heterocycles. The molecule has 0 atom stereocenters. The summed E-state index contributed by atoms with van der Waals surface area (Å²) in [5.41, 5.74) is 9.03. The molecule has 0 saturated heterocycles. The summed E-state index contributed by atoms with van der Waals surface area (Å²) >= 11 is 0. The highest BCUT2D eigenvalue weighted by molar-refractivity contribution is 6.04. The molecule has 10 heteroatoms. The average Bonchev–Trinajstić information content (AvgIpc) is 3.21. The van der Waals surface area contributed by atoms with Crippen molar-refractivity contribution in [3.05, 3.63) is 53.5 Å². The fraction of sp³-hybridized carbons (Fsp3) is 0.385. The van der Waals surface area contributed by atoms with Gasteiger partial charge in [0, 0.05) is 45.4 Å². The van der Waals surface area contributed by atoms with Crippen molar-refractivity contribution < 1.29 is 13.6 Å². The van der Waals surface area contributed by atoms with Gasteiger partial charge in [0.1, 0.15) is 39.7 Å². The maximum atomic E-state index is 14.2. The Bertz CT molecular complexity index is 1380. The van der Waals surface area contributed by atoms with Gasteiger partial charge in [-0.25, -0.2) is 18.7 Å². The Balaban J connectivity index is 1.46. The maximum absolute atomic E-state index is 14.2. The topological polar surface area (TPSA) is 102 Å². The molecule has 1 amide bonds. The number of nitrogens with zero attached hydrogens (tertiary/aromatic N) is 5. The lowest BCUT2D eigenvalue weighted by Crippen LogP contribution is -2.25. The van der Waals surface area contributed by atoms with Crippen LogP contribution in [0.4, 0.5) is 20.3 Å². The summed E-state index contributed by atoms with van der Waals surface area (Å²) in [5.74, 6) is -0.731. The molecule has 3 N–H and O–H groups in total. The van der Waals surface area contributed by atoms with Crippen LogP contribution in [0.1, 0.15) is 48.8 Å². The first-order valence-electron chi connectivity index (χ1n) is 12.2. The van der Waals surface area contributed by atoms with Gasteiger partial charge in [-0.05, 0) is 43.5 Å². The van der Waals surface area contributed by atoms with Crippen LogP contribution in [0.3, 0.4) is 0 Å². The zero-order valence-electron chi connectivity index (χ0n) is 20.8. The minimum atomic E-state index is -0.772. The standard InChI is InChI=1S/C26H31F2N7O/c1-4-5-10-20-33-22-24(21-19(32-25(22)29)9-8-12-30-21)35(20)13-7-6-11-31-26(36)16-14-17(27)23(34(2)3)18(28)15-16/h8-9,12,14-15H,4-7,10-11,13H2,1-3H3,(H2,29,32)(H,31,36). The first kappa shape index (κ1) is 25.3. The van der Waals surface area contributed by atoms with E-state index in [4.69, 9.17) is 10.7 Å². The van der Waals surface area contributed by atoms with Crippen molar-refractivity contribution in [2.24, 2.45) is 0 Å². The van der Waals surface area contributed by atoms with E-state index >= 15 is 0 Å². The number of carbonyl (C=O) groups excluding carboxylic acids is 1. The first-order valence-corrected chi connectivity index (χ1v) is 12.2. The SMILES string of the molecule is CCCCc1nc2c(N)nc3cccnc3c2n1CCCCNC(=O)c1cc(F)c(N(C)C)c(F)c1. The molecule has 0 spiro atoms. The largest absolute Gasteiger partial charge is 0.382 e. The Hall–Kier alpha value is -3.82. The van der Waals surface area contributed by atoms with Gasteiger partial charge in [0.15, 0.2) is 5.82 Å². The van der Waals surface area contributed by atoms with Gasteiger partial charge in [0.05, 0.1) is 5.52 Å². The second-order valence-electron chi connectivity index (χ2n) is 8.99. The molecule has 4 rings (SSSR count). The summed E-state index contributed by atoms with van der Waals surface area (Å²) in [6.07, 6.45) is 6.01. The molecule has 0 saturated carbocycles. The number of nitrogen functional groups attached to an aromatic ring is 1. The smallest absolute Gasteiger partial charge is 0.251 e. The number of amides is 1. The Labute approximate surface area is 208 Å². The molecule has 0 aliphatic carbocycles. The molecule has 36 heavy (non-hydrogen) atoms. The van der Waals surface area contributed by atoms with Gasteiger partial charge < -0.3 is 20.5 Å². The van der Waals surface area contributed by atoms with E-state index in [0.717, 1.165) is 60.2 Å². The number of halogens is 2. The van der Waals surface area contributed by atoms with Crippen molar-refractivity contribution in [1.29, 1.82) is 0 Å². The number of benzene rings is 1. The van der Waals surface area contributed by atoms with Gasteiger partial charge in [-0.2, -0.15) is 0 Å². The van der Waals surface area contributed by atoms with Crippen molar-refractivity contribution in [3.63, 3.8) is 0 Å². The fourth-order valence-corrected chi connectivity index (χ4v) is 4.36. The third kappa shape index (κ3) is 5.07. The number of rotatable bonds is 10. The monoisotopic (exact) mass is 495 g/mol. The number of carbonyl (C=O) groups is 1. The molecular formula is C26H31F2N7O. The molecule has 1 aromatic carbocycles. The quantitative estimate of drug-likeness (QED) is 0.315. The lowest BCUT2D eigenvalue weighted by molar-refractivity contribution is 0.0952. The third-order valence-electron chi connectivity index (χ3n) is 6.12. The van der Waals surface area contributed by atoms with Crippen LogP contribution in [0.25, 0.3) is 22.1 Å². The molecule has 190 valence electrons. The highest BCUT2D eigenvalue weighted by atomic mass is 19.1. The number of aryl methyl sites for hydroxylation is 2. The molecule has 0 radical (unpaired) electrons. The van der Waals surface area contributed by atoms with E-state index in [1.54, 1.807) is 20.3 Å². The van der Waals surface area contributed by atoms with Crippen molar-refractivity contribution >= 4 is 39.5 Å². The Kier molecular flexibility index (Phi) is 7.61. The van der Waals surface area contributed by atoms with Crippen LogP contribution in [-0.4, -0.2) is 46.1 Å². The second kappa shape index (κ2) is 10.8. The Morgan fingerprint density at radius 1 is 1.11 bits per heavy atom. The van der Waals surface area contributed by atoms with Crippen LogP contribution in [0.2, 0.25) is 0 Å². The van der Waals surface area contributed by atoms with Crippen LogP contribution < -0.4 is 16.0 Å². The van der Waals surface area contributed by atoms with Gasteiger partial charge >= 0.3 is 0 Å². The van der Waals surface area contributed by atoms with Crippen molar-refractivity contribution in [3.8, 4) is 0 Å². The number of nitrogens with two attached hydrogens (primary N) is 1. The van der Waals surface area contributed by atoms with Crippen LogP contribution in [0.15, 0.2) is 30.5 Å². The average molecular weight is 496 g/mol. The summed E-state index contributed by atoms with van der Waals surface area (Å²) in [7, 11) is 3.09. The molecular weight excluding hydrogens is 464 g/mol. The number of fused-ring (bicyclic) bond motifs is 3. The molecule has 3 aromatic heterocycles. The summed E-state index contributed by atoms with van der Waals surface area (Å²) in [6, 6.07) is 5.82. The molecule has 4 aromatic rings. The van der Waals surface area contributed by atoms with Gasteiger partial charge in [0.25, 0.3) is 5.91 Å². The Morgan fingerprint density at radius 3 is 2.56 bits per heavy atom. The first-order chi connectivity index (χ1) is 17.3. The summed E-state index contributed by atoms with van der Waals surface area (Å²) in [5, 5.41) is 2.75. The number of aromatic nitrogens is 4. The molecule has 8 nitrogen and oxygen atoms in total. The van der Waals surface area contributed by atoms with Gasteiger partial charge in [-0.15, -0.1) is 0 Å². The predicted molar refractivity (Wildman–Crippen MR) is 138 cm³/mol. The van der Waals surface area contributed by atoms with Gasteiger partial charge in [-0.3, -0.25) is 9.78 Å². The van der Waals surface area contributed by atoms with E-state index in [1.165, 1.54) is 4.90 Å². The van der Waals surface area contributed by atoms with Crippen molar-refractivity contribution in [2.75, 3.05) is 31.3 Å². The summed E-state index contributed by atoms with van der Waals surface area (Å²) < 4.78 is 30.6. The van der Waals surface area contributed by atoms with Gasteiger partial charge in [0.2, 0.25) is 0 Å². The van der Waals surface area contributed by atoms with E-state index in [0.29, 0.717) is 30.8 Å². The second-order valence-corrected chi connectivity index (χ2v) is 8.99. The van der Waals surface area contributed by atoms with Crippen LogP contribution in [0, 0.1) is 11.6 Å². The number of pyridine rings is 2. The van der Waals surface area contributed by atoms with E-state index in [-0.39, 0.29) is 11.3 Å². The fourth-order valence-electron chi connectivity index (χ4n) is 4.36. The molecule has 0 unspecified atom stereocenters. The van der Waals surface area contributed by atoms with Crippen LogP contribution in [-0.2, 0) is 13.0 Å². The van der Waals surface area contributed by atoms with Crippen molar-refractivity contribution in [1.82, 2.24) is 24.8 Å². The number of hydrogen-bond donors (Lipinski definition) is 2. The minimum Gasteiger partial charge on any atom is -0.382 e. The molecule has 0 fully saturated rings. The molecule has 3 heterocycles. The highest BCUT2D eigenvalue weighted by Gasteiger charge is 2.18. The van der Waals surface area contributed by atoms with E-state index < -0.39 is 17.5 Å². The van der Waals surface area contributed by atoms with Crippen LogP contribution >= 0.6 is 0 Å². The number of imidazole rings is 1. The minimum absolute atomic E-state index is 0.0430. The lowest BCUT2D eigenvalue weighted by Gasteiger charge is -2.15. The number of anilines is 2. The third-order valence-corrected chi connectivity index (χ3v) is 6.12. The van der Waals surface area contributed by atoms with E-state index in [1.807, 2.05) is 12.1 Å². The number of nitrogens with one attached hydrogen (secondary N) is 1. The summed E-state index contributed by atoms with van der Waals surface area (Å²) in [4.78, 5) is 27.6. The highest BCUT2D eigenvalue weighted by Crippen LogP contribution is 2.28. The normalized spacial score (nSPS) is 11.4. The zero-order valence-corrected chi connectivity index (χ0v) is 20.8. The summed E-state index contributed by atoms with van der Waals surface area (Å²) in [6.45, 7) is 3.17. The van der Waals surface area contributed by atoms with E-state index in [9.17, 15) is 13.6 Å². The van der Waals surface area contributed by atoms with Crippen LogP contribution in [0.5, 0.6) is 0 Å². The predicted octanol–water partition coefficient (Wildman–Crippen LogP) is 4.46. The maximum Gasteiger partial charge on any atom is 0.251 e. The Morgan fingerprint density at radius 2 is 1.86 bits per heavy atom. The molecule has 0 aliphatic rings. The van der Waals surface area contributed by atoms with Gasteiger partial charge in [-0.1, -0.05) is 13.3 Å². The van der Waals surface area contributed by atoms with Crippen molar-refractivity contribution in [2.45, 2.75) is 45.6 Å². The zero-order chi connectivity index (χ0) is 25.8.